The Morgan fingerprint density at radius 3 is 2.52 bits per heavy atom. The molecular weight excluding hydrogens is 319 g/mol. The van der Waals surface area contributed by atoms with Crippen LogP contribution in [-0.4, -0.2) is 10.9 Å². The van der Waals surface area contributed by atoms with Gasteiger partial charge in [-0.3, -0.25) is 4.79 Å². The molecule has 0 atom stereocenters. The summed E-state index contributed by atoms with van der Waals surface area (Å²) in [6, 6.07) is 15.3. The van der Waals surface area contributed by atoms with Gasteiger partial charge in [0.2, 0.25) is 0 Å². The molecule has 3 rings (SSSR count). The van der Waals surface area contributed by atoms with E-state index >= 15 is 0 Å². The van der Waals surface area contributed by atoms with Crippen LogP contribution in [-0.2, 0) is 6.54 Å². The minimum Gasteiger partial charge on any atom is -0.379 e. The molecule has 0 radical (unpaired) electrons. The number of anilines is 1. The number of benzene rings is 2. The van der Waals surface area contributed by atoms with E-state index < -0.39 is 0 Å². The van der Waals surface area contributed by atoms with Gasteiger partial charge in [-0.05, 0) is 55.0 Å². The van der Waals surface area contributed by atoms with Crippen molar-refractivity contribution in [1.82, 2.24) is 5.16 Å². The number of carbonyl (C=O) groups is 1. The van der Waals surface area contributed by atoms with Crippen molar-refractivity contribution in [2.75, 3.05) is 5.32 Å². The first-order valence-electron chi connectivity index (χ1n) is 8.24. The summed E-state index contributed by atoms with van der Waals surface area (Å²) < 4.78 is 18.3. The molecule has 0 unspecified atom stereocenters. The van der Waals surface area contributed by atoms with Crippen molar-refractivity contribution >= 4 is 11.5 Å². The van der Waals surface area contributed by atoms with Gasteiger partial charge in [0.25, 0.3) is 0 Å². The Labute approximate surface area is 145 Å². The van der Waals surface area contributed by atoms with Crippen molar-refractivity contribution in [3.8, 4) is 11.3 Å². The van der Waals surface area contributed by atoms with Crippen LogP contribution in [0.15, 0.2) is 59.1 Å². The van der Waals surface area contributed by atoms with Crippen molar-refractivity contribution in [3.05, 3.63) is 71.7 Å². The Morgan fingerprint density at radius 1 is 1.12 bits per heavy atom. The van der Waals surface area contributed by atoms with Crippen molar-refractivity contribution < 1.29 is 13.7 Å². The maximum Gasteiger partial charge on any atom is 0.167 e. The van der Waals surface area contributed by atoms with Gasteiger partial charge in [-0.15, -0.1) is 0 Å². The monoisotopic (exact) mass is 338 g/mol. The predicted molar refractivity (Wildman–Crippen MR) is 94.9 cm³/mol. The van der Waals surface area contributed by atoms with Crippen LogP contribution in [0, 0.1) is 5.82 Å². The molecule has 0 saturated heterocycles. The number of nitrogens with zero attached hydrogens (tertiary/aromatic N) is 1. The normalized spacial score (nSPS) is 10.6. The number of ketones is 1. The number of aromatic nitrogens is 1. The van der Waals surface area contributed by atoms with Crippen LogP contribution in [0.25, 0.3) is 11.3 Å². The first-order valence-corrected chi connectivity index (χ1v) is 8.24. The van der Waals surface area contributed by atoms with E-state index in [1.165, 1.54) is 12.1 Å². The standard InChI is InChI=1S/C20H19FN2O2/c1-2-3-19(24)14-6-10-17(11-7-14)22-13-18-12-20(25-23-18)15-4-8-16(21)9-5-15/h4-12,22H,2-3,13H2,1H3. The molecule has 5 heteroatoms. The van der Waals surface area contributed by atoms with Crippen molar-refractivity contribution in [3.63, 3.8) is 0 Å². The second-order valence-electron chi connectivity index (χ2n) is 5.79. The predicted octanol–water partition coefficient (Wildman–Crippen LogP) is 5.08. The number of hydrogen-bond acceptors (Lipinski definition) is 4. The molecule has 1 N–H and O–H groups in total. The van der Waals surface area contributed by atoms with Crippen LogP contribution in [0.1, 0.15) is 35.8 Å². The maximum absolute atomic E-state index is 13.0. The zero-order valence-corrected chi connectivity index (χ0v) is 14.0. The van der Waals surface area contributed by atoms with Gasteiger partial charge in [-0.1, -0.05) is 12.1 Å². The number of hydrogen-bond donors (Lipinski definition) is 1. The lowest BCUT2D eigenvalue weighted by Crippen LogP contribution is -2.01. The zero-order chi connectivity index (χ0) is 17.6. The van der Waals surface area contributed by atoms with Crippen molar-refractivity contribution in [2.45, 2.75) is 26.3 Å². The molecule has 0 aliphatic rings. The van der Waals surface area contributed by atoms with Gasteiger partial charge in [0.15, 0.2) is 11.5 Å². The Morgan fingerprint density at radius 2 is 1.84 bits per heavy atom. The third-order valence-corrected chi connectivity index (χ3v) is 3.85. The molecule has 25 heavy (non-hydrogen) atoms. The second-order valence-corrected chi connectivity index (χ2v) is 5.79. The highest BCUT2D eigenvalue weighted by atomic mass is 19.1. The fourth-order valence-electron chi connectivity index (χ4n) is 2.48. The summed E-state index contributed by atoms with van der Waals surface area (Å²) in [5, 5.41) is 7.25. The number of rotatable bonds is 7. The van der Waals surface area contributed by atoms with E-state index in [2.05, 4.69) is 10.5 Å². The lowest BCUT2D eigenvalue weighted by molar-refractivity contribution is 0.0982. The molecule has 4 nitrogen and oxygen atoms in total. The van der Waals surface area contributed by atoms with E-state index in [4.69, 9.17) is 4.52 Å². The molecule has 0 spiro atoms. The summed E-state index contributed by atoms with van der Waals surface area (Å²) in [7, 11) is 0. The number of halogens is 1. The van der Waals surface area contributed by atoms with Gasteiger partial charge in [-0.25, -0.2) is 4.39 Å². The van der Waals surface area contributed by atoms with E-state index in [1.807, 2.05) is 37.3 Å². The van der Waals surface area contributed by atoms with Gasteiger partial charge < -0.3 is 9.84 Å². The fourth-order valence-corrected chi connectivity index (χ4v) is 2.48. The summed E-state index contributed by atoms with van der Waals surface area (Å²) in [6.45, 7) is 2.49. The molecule has 0 aliphatic carbocycles. The van der Waals surface area contributed by atoms with Crippen molar-refractivity contribution in [1.29, 1.82) is 0 Å². The Hall–Kier alpha value is -2.95. The van der Waals surface area contributed by atoms with Gasteiger partial charge in [0.1, 0.15) is 11.5 Å². The average molecular weight is 338 g/mol. The fraction of sp³-hybridized carbons (Fsp3) is 0.200. The lowest BCUT2D eigenvalue weighted by atomic mass is 10.1. The Bertz CT molecular complexity index is 839. The van der Waals surface area contributed by atoms with Crippen molar-refractivity contribution in [2.24, 2.45) is 0 Å². The molecule has 0 amide bonds. The van der Waals surface area contributed by atoms with Crippen LogP contribution in [0.2, 0.25) is 0 Å². The molecule has 0 aliphatic heterocycles. The van der Waals surface area contributed by atoms with Crippen LogP contribution < -0.4 is 5.32 Å². The molecule has 0 saturated carbocycles. The first-order chi connectivity index (χ1) is 12.2. The van der Waals surface area contributed by atoms with Crippen LogP contribution >= 0.6 is 0 Å². The highest BCUT2D eigenvalue weighted by Crippen LogP contribution is 2.21. The molecule has 3 aromatic rings. The number of Topliss-reactive ketones (excluding diaryl/α,β-unsaturated/α-hetero) is 1. The third-order valence-electron chi connectivity index (χ3n) is 3.85. The summed E-state index contributed by atoms with van der Waals surface area (Å²) in [5.41, 5.74) is 3.15. The molecule has 1 heterocycles. The largest absolute Gasteiger partial charge is 0.379 e. The molecular formula is C20H19FN2O2. The van der Waals surface area contributed by atoms with E-state index in [9.17, 15) is 9.18 Å². The quantitative estimate of drug-likeness (QED) is 0.611. The van der Waals surface area contributed by atoms with Gasteiger partial charge in [0.05, 0.1) is 6.54 Å². The molecule has 1 aromatic heterocycles. The molecule has 128 valence electrons. The smallest absolute Gasteiger partial charge is 0.167 e. The molecule has 2 aromatic carbocycles. The Balaban J connectivity index is 1.60. The maximum atomic E-state index is 13.0. The summed E-state index contributed by atoms with van der Waals surface area (Å²) in [5.74, 6) is 0.470. The SMILES string of the molecule is CCCC(=O)c1ccc(NCc2cc(-c3ccc(F)cc3)on2)cc1. The topological polar surface area (TPSA) is 55.1 Å². The number of nitrogens with one attached hydrogen (secondary N) is 1. The minimum absolute atomic E-state index is 0.162. The zero-order valence-electron chi connectivity index (χ0n) is 14.0. The number of carbonyl (C=O) groups excluding carboxylic acids is 1. The van der Waals surface area contributed by atoms with Gasteiger partial charge >= 0.3 is 0 Å². The Kier molecular flexibility index (Phi) is 5.23. The van der Waals surface area contributed by atoms with Gasteiger partial charge in [0, 0.05) is 29.3 Å². The summed E-state index contributed by atoms with van der Waals surface area (Å²) in [6.07, 6.45) is 1.42. The molecule has 0 bridgehead atoms. The summed E-state index contributed by atoms with van der Waals surface area (Å²) in [4.78, 5) is 11.8. The van der Waals surface area contributed by atoms with Crippen LogP contribution in [0.5, 0.6) is 0 Å². The minimum atomic E-state index is -0.286. The van der Waals surface area contributed by atoms with E-state index in [0.29, 0.717) is 18.7 Å². The van der Waals surface area contributed by atoms with Crippen LogP contribution in [0.4, 0.5) is 10.1 Å². The van der Waals surface area contributed by atoms with E-state index in [-0.39, 0.29) is 11.6 Å². The van der Waals surface area contributed by atoms with E-state index in [0.717, 1.165) is 28.9 Å². The first kappa shape index (κ1) is 16.9. The van der Waals surface area contributed by atoms with E-state index in [1.54, 1.807) is 12.1 Å². The highest BCUT2D eigenvalue weighted by molar-refractivity contribution is 5.96. The third kappa shape index (κ3) is 4.32. The second kappa shape index (κ2) is 7.75. The van der Waals surface area contributed by atoms with Crippen LogP contribution in [0.3, 0.4) is 0 Å². The highest BCUT2D eigenvalue weighted by Gasteiger charge is 2.08. The average Bonchev–Trinajstić information content (AvgIpc) is 3.10. The summed E-state index contributed by atoms with van der Waals surface area (Å²) >= 11 is 0. The molecule has 0 fully saturated rings. The lowest BCUT2D eigenvalue weighted by Gasteiger charge is -2.05. The van der Waals surface area contributed by atoms with Gasteiger partial charge in [-0.2, -0.15) is 0 Å².